The summed E-state index contributed by atoms with van der Waals surface area (Å²) >= 11 is 0. The summed E-state index contributed by atoms with van der Waals surface area (Å²) in [5.74, 6) is -0.975. The predicted octanol–water partition coefficient (Wildman–Crippen LogP) is 2.46. The summed E-state index contributed by atoms with van der Waals surface area (Å²) in [6, 6.07) is -1.05. The Bertz CT molecular complexity index is 249. The van der Waals surface area contributed by atoms with Gasteiger partial charge < -0.3 is 15.3 Å². The minimum atomic E-state index is -0.975. The van der Waals surface area contributed by atoms with Crippen LogP contribution in [0.1, 0.15) is 52.9 Å². The van der Waals surface area contributed by atoms with Crippen LogP contribution in [-0.4, -0.2) is 41.1 Å². The summed E-state index contributed by atoms with van der Waals surface area (Å²) in [5, 5.41) is 11.5. The highest BCUT2D eigenvalue weighted by atomic mass is 16.4. The van der Waals surface area contributed by atoms with Crippen molar-refractivity contribution in [3.63, 3.8) is 0 Å². The summed E-state index contributed by atoms with van der Waals surface area (Å²) in [6.07, 6.45) is 4.33. The van der Waals surface area contributed by atoms with E-state index < -0.39 is 12.0 Å². The highest BCUT2D eigenvalue weighted by Crippen LogP contribution is 2.01. The van der Waals surface area contributed by atoms with Crippen LogP contribution in [-0.2, 0) is 4.79 Å². The average molecular weight is 258 g/mol. The molecule has 5 nitrogen and oxygen atoms in total. The first-order valence-corrected chi connectivity index (χ1v) is 6.84. The van der Waals surface area contributed by atoms with Crippen molar-refractivity contribution < 1.29 is 14.7 Å². The number of rotatable bonds is 9. The third-order valence-corrected chi connectivity index (χ3v) is 2.85. The lowest BCUT2D eigenvalue weighted by molar-refractivity contribution is -0.139. The fourth-order valence-electron chi connectivity index (χ4n) is 1.59. The zero-order valence-electron chi connectivity index (χ0n) is 11.7. The third-order valence-electron chi connectivity index (χ3n) is 2.85. The molecule has 0 bridgehead atoms. The van der Waals surface area contributed by atoms with Crippen LogP contribution in [0.25, 0.3) is 0 Å². The number of urea groups is 1. The molecule has 0 fully saturated rings. The van der Waals surface area contributed by atoms with Gasteiger partial charge in [-0.25, -0.2) is 9.59 Å². The van der Waals surface area contributed by atoms with Crippen LogP contribution in [0.4, 0.5) is 4.79 Å². The van der Waals surface area contributed by atoms with Gasteiger partial charge in [0, 0.05) is 13.1 Å². The van der Waals surface area contributed by atoms with Gasteiger partial charge >= 0.3 is 12.0 Å². The second-order valence-corrected chi connectivity index (χ2v) is 4.44. The minimum absolute atomic E-state index is 0.258. The number of carboxylic acids is 1. The van der Waals surface area contributed by atoms with Crippen molar-refractivity contribution in [2.45, 2.75) is 58.9 Å². The van der Waals surface area contributed by atoms with Crippen LogP contribution in [0.15, 0.2) is 0 Å². The molecular formula is C13H26N2O3. The molecule has 5 heteroatoms. The van der Waals surface area contributed by atoms with Crippen molar-refractivity contribution in [3.8, 4) is 0 Å². The molecule has 0 heterocycles. The highest BCUT2D eigenvalue weighted by molar-refractivity contribution is 5.82. The molecular weight excluding hydrogens is 232 g/mol. The first-order valence-electron chi connectivity index (χ1n) is 6.84. The van der Waals surface area contributed by atoms with Gasteiger partial charge in [0.25, 0.3) is 0 Å². The van der Waals surface area contributed by atoms with Gasteiger partial charge in [-0.15, -0.1) is 0 Å². The number of carboxylic acid groups (broad SMARTS) is 1. The van der Waals surface area contributed by atoms with Gasteiger partial charge in [0.2, 0.25) is 0 Å². The number of carbonyl (C=O) groups excluding carboxylic acids is 1. The summed E-state index contributed by atoms with van der Waals surface area (Å²) in [4.78, 5) is 24.6. The lowest BCUT2D eigenvalue weighted by Gasteiger charge is -2.24. The molecule has 0 rings (SSSR count). The summed E-state index contributed by atoms with van der Waals surface area (Å²) in [5.41, 5.74) is 0. The largest absolute Gasteiger partial charge is 0.480 e. The van der Waals surface area contributed by atoms with Gasteiger partial charge in [0.05, 0.1) is 0 Å². The van der Waals surface area contributed by atoms with E-state index >= 15 is 0 Å². The van der Waals surface area contributed by atoms with Gasteiger partial charge in [-0.2, -0.15) is 0 Å². The third kappa shape index (κ3) is 6.47. The number of nitrogens with zero attached hydrogens (tertiary/aromatic N) is 1. The number of aliphatic carboxylic acids is 1. The molecule has 0 aromatic carbocycles. The molecule has 1 atom stereocenters. The molecule has 0 spiro atoms. The monoisotopic (exact) mass is 258 g/mol. The fraction of sp³-hybridized carbons (Fsp3) is 0.846. The zero-order chi connectivity index (χ0) is 14.0. The Labute approximate surface area is 110 Å². The molecule has 1 unspecified atom stereocenters. The van der Waals surface area contributed by atoms with Crippen LogP contribution in [0.2, 0.25) is 0 Å². The van der Waals surface area contributed by atoms with Crippen molar-refractivity contribution in [3.05, 3.63) is 0 Å². The van der Waals surface area contributed by atoms with E-state index in [2.05, 4.69) is 19.2 Å². The quantitative estimate of drug-likeness (QED) is 0.667. The minimum Gasteiger partial charge on any atom is -0.480 e. The van der Waals surface area contributed by atoms with Crippen LogP contribution in [0.3, 0.4) is 0 Å². The van der Waals surface area contributed by atoms with Crippen molar-refractivity contribution in [2.75, 3.05) is 13.1 Å². The van der Waals surface area contributed by atoms with Crippen molar-refractivity contribution >= 4 is 12.0 Å². The molecule has 106 valence electrons. The molecule has 0 aliphatic carbocycles. The second kappa shape index (κ2) is 9.74. The van der Waals surface area contributed by atoms with Crippen molar-refractivity contribution in [2.24, 2.45) is 0 Å². The van der Waals surface area contributed by atoms with Gasteiger partial charge in [0.1, 0.15) is 6.04 Å². The molecule has 2 N–H and O–H groups in total. The summed E-state index contributed by atoms with van der Waals surface area (Å²) in [6.45, 7) is 7.28. The Morgan fingerprint density at radius 3 is 1.94 bits per heavy atom. The summed E-state index contributed by atoms with van der Waals surface area (Å²) in [7, 11) is 0. The lowest BCUT2D eigenvalue weighted by Crippen LogP contribution is -2.48. The first kappa shape index (κ1) is 16.7. The Morgan fingerprint density at radius 2 is 1.61 bits per heavy atom. The number of hydrogen-bond acceptors (Lipinski definition) is 2. The first-order chi connectivity index (χ1) is 8.56. The van der Waals surface area contributed by atoms with Crippen LogP contribution in [0, 0.1) is 0 Å². The second-order valence-electron chi connectivity index (χ2n) is 4.44. The summed E-state index contributed by atoms with van der Waals surface area (Å²) < 4.78 is 0. The normalized spacial score (nSPS) is 11.9. The van der Waals surface area contributed by atoms with Gasteiger partial charge in [-0.3, -0.25) is 0 Å². The standard InChI is InChI=1S/C13H26N2O3/c1-4-7-9-15(10-8-5-2)13(18)14-11(6-3)12(16)17/h11H,4-10H2,1-3H3,(H,14,18)(H,16,17). The topological polar surface area (TPSA) is 69.6 Å². The smallest absolute Gasteiger partial charge is 0.326 e. The van der Waals surface area contributed by atoms with E-state index in [0.717, 1.165) is 25.7 Å². The SMILES string of the molecule is CCCCN(CCCC)C(=O)NC(CC)C(=O)O. The van der Waals surface area contributed by atoms with E-state index in [1.807, 2.05) is 0 Å². The van der Waals surface area contributed by atoms with E-state index in [4.69, 9.17) is 5.11 Å². The predicted molar refractivity (Wildman–Crippen MR) is 71.6 cm³/mol. The van der Waals surface area contributed by atoms with Crippen LogP contribution < -0.4 is 5.32 Å². The average Bonchev–Trinajstić information content (AvgIpc) is 2.35. The van der Waals surface area contributed by atoms with Gasteiger partial charge in [0.15, 0.2) is 0 Å². The fourth-order valence-corrected chi connectivity index (χ4v) is 1.59. The number of nitrogens with one attached hydrogen (secondary N) is 1. The number of unbranched alkanes of at least 4 members (excludes halogenated alkanes) is 2. The number of amides is 2. The molecule has 0 aromatic heterocycles. The van der Waals surface area contributed by atoms with E-state index in [0.29, 0.717) is 19.5 Å². The highest BCUT2D eigenvalue weighted by Gasteiger charge is 2.20. The Hall–Kier alpha value is -1.26. The molecule has 0 aromatic rings. The van der Waals surface area contributed by atoms with E-state index in [-0.39, 0.29) is 6.03 Å². The zero-order valence-corrected chi connectivity index (χ0v) is 11.7. The maximum atomic E-state index is 12.0. The molecule has 0 saturated heterocycles. The van der Waals surface area contributed by atoms with Crippen molar-refractivity contribution in [1.29, 1.82) is 0 Å². The number of carbonyl (C=O) groups is 2. The molecule has 2 amide bonds. The Kier molecular flexibility index (Phi) is 9.06. The maximum Gasteiger partial charge on any atom is 0.326 e. The van der Waals surface area contributed by atoms with Crippen molar-refractivity contribution in [1.82, 2.24) is 10.2 Å². The van der Waals surface area contributed by atoms with Gasteiger partial charge in [-0.05, 0) is 19.3 Å². The number of hydrogen-bond donors (Lipinski definition) is 2. The molecule has 0 radical (unpaired) electrons. The molecule has 0 saturated carbocycles. The Balaban J connectivity index is 4.37. The maximum absolute atomic E-state index is 12.0. The van der Waals surface area contributed by atoms with Crippen LogP contribution >= 0.6 is 0 Å². The van der Waals surface area contributed by atoms with E-state index in [1.165, 1.54) is 0 Å². The van der Waals surface area contributed by atoms with Gasteiger partial charge in [-0.1, -0.05) is 33.6 Å². The lowest BCUT2D eigenvalue weighted by atomic mass is 10.2. The van der Waals surface area contributed by atoms with E-state index in [9.17, 15) is 9.59 Å². The molecule has 18 heavy (non-hydrogen) atoms. The van der Waals surface area contributed by atoms with Crippen LogP contribution in [0.5, 0.6) is 0 Å². The van der Waals surface area contributed by atoms with E-state index in [1.54, 1.807) is 11.8 Å². The molecule has 0 aliphatic rings. The Morgan fingerprint density at radius 1 is 1.11 bits per heavy atom. The molecule has 0 aliphatic heterocycles.